The van der Waals surface area contributed by atoms with Gasteiger partial charge in [-0.2, -0.15) is 0 Å². The zero-order valence-electron chi connectivity index (χ0n) is 9.19. The molecule has 0 aliphatic heterocycles. The minimum atomic E-state index is -0.132. The van der Waals surface area contributed by atoms with Crippen molar-refractivity contribution in [3.8, 4) is 0 Å². The first-order chi connectivity index (χ1) is 6.40. The average Bonchev–Trinajstić information content (AvgIpc) is 2.14. The molecule has 0 fully saturated rings. The molecular weight excluding hydrogens is 182 g/mol. The van der Waals surface area contributed by atoms with E-state index in [1.807, 2.05) is 13.8 Å². The SMILES string of the molecule is CC(C)C(=O)N(C)CC(C)C(N)=NO. The highest BCUT2D eigenvalue weighted by molar-refractivity contribution is 5.83. The molecule has 1 atom stereocenters. The third kappa shape index (κ3) is 3.64. The van der Waals surface area contributed by atoms with Gasteiger partial charge < -0.3 is 15.8 Å². The van der Waals surface area contributed by atoms with Crippen molar-refractivity contribution in [2.75, 3.05) is 13.6 Å². The van der Waals surface area contributed by atoms with E-state index in [1.54, 1.807) is 18.9 Å². The van der Waals surface area contributed by atoms with Gasteiger partial charge in [0.25, 0.3) is 0 Å². The van der Waals surface area contributed by atoms with Crippen molar-refractivity contribution in [1.29, 1.82) is 0 Å². The molecule has 0 aliphatic rings. The molecule has 1 amide bonds. The Bertz CT molecular complexity index is 226. The molecule has 14 heavy (non-hydrogen) atoms. The lowest BCUT2D eigenvalue weighted by Crippen LogP contribution is -2.38. The van der Waals surface area contributed by atoms with Crippen LogP contribution in [0.15, 0.2) is 5.16 Å². The van der Waals surface area contributed by atoms with Gasteiger partial charge in [-0.15, -0.1) is 0 Å². The number of amides is 1. The minimum absolute atomic E-state index is 0.0283. The van der Waals surface area contributed by atoms with E-state index in [0.29, 0.717) is 6.54 Å². The summed E-state index contributed by atoms with van der Waals surface area (Å²) in [6, 6.07) is 0. The van der Waals surface area contributed by atoms with Crippen LogP contribution in [0.4, 0.5) is 0 Å². The summed E-state index contributed by atoms with van der Waals surface area (Å²) < 4.78 is 0. The Hall–Kier alpha value is -1.26. The highest BCUT2D eigenvalue weighted by atomic mass is 16.4. The van der Waals surface area contributed by atoms with E-state index < -0.39 is 0 Å². The van der Waals surface area contributed by atoms with Crippen molar-refractivity contribution in [2.45, 2.75) is 20.8 Å². The summed E-state index contributed by atoms with van der Waals surface area (Å²) in [4.78, 5) is 13.1. The van der Waals surface area contributed by atoms with Gasteiger partial charge in [0.15, 0.2) is 0 Å². The molecule has 3 N–H and O–H groups in total. The van der Waals surface area contributed by atoms with Crippen LogP contribution in [0.25, 0.3) is 0 Å². The van der Waals surface area contributed by atoms with Crippen LogP contribution in [-0.2, 0) is 4.79 Å². The molecule has 0 aromatic carbocycles. The van der Waals surface area contributed by atoms with Crippen molar-refractivity contribution < 1.29 is 10.0 Å². The Balaban J connectivity index is 4.19. The van der Waals surface area contributed by atoms with Gasteiger partial charge in [0.2, 0.25) is 5.91 Å². The van der Waals surface area contributed by atoms with Gasteiger partial charge in [-0.3, -0.25) is 4.79 Å². The predicted molar refractivity (Wildman–Crippen MR) is 55.0 cm³/mol. The predicted octanol–water partition coefficient (Wildman–Crippen LogP) is 0.483. The molecule has 0 rings (SSSR count). The summed E-state index contributed by atoms with van der Waals surface area (Å²) in [5, 5.41) is 11.3. The van der Waals surface area contributed by atoms with E-state index in [0.717, 1.165) is 0 Å². The summed E-state index contributed by atoms with van der Waals surface area (Å²) in [5.74, 6) is 0.0446. The zero-order chi connectivity index (χ0) is 11.3. The maximum Gasteiger partial charge on any atom is 0.224 e. The number of nitrogens with zero attached hydrogens (tertiary/aromatic N) is 2. The standard InChI is InChI=1S/C9H19N3O2/c1-6(2)9(13)12(4)5-7(3)8(10)11-14/h6-7,14H,5H2,1-4H3,(H2,10,11). The maximum absolute atomic E-state index is 11.5. The number of oxime groups is 1. The van der Waals surface area contributed by atoms with Crippen LogP contribution >= 0.6 is 0 Å². The Morgan fingerprint density at radius 2 is 2.00 bits per heavy atom. The molecule has 0 bridgehead atoms. The van der Waals surface area contributed by atoms with Crippen LogP contribution in [0.3, 0.4) is 0 Å². The first-order valence-corrected chi connectivity index (χ1v) is 4.62. The highest BCUT2D eigenvalue weighted by Crippen LogP contribution is 2.03. The first kappa shape index (κ1) is 12.7. The number of hydrogen-bond acceptors (Lipinski definition) is 3. The van der Waals surface area contributed by atoms with Crippen LogP contribution < -0.4 is 5.73 Å². The van der Waals surface area contributed by atoms with Gasteiger partial charge >= 0.3 is 0 Å². The van der Waals surface area contributed by atoms with Crippen LogP contribution in [0.5, 0.6) is 0 Å². The zero-order valence-corrected chi connectivity index (χ0v) is 9.19. The molecular formula is C9H19N3O2. The Morgan fingerprint density at radius 3 is 2.36 bits per heavy atom. The summed E-state index contributed by atoms with van der Waals surface area (Å²) >= 11 is 0. The fourth-order valence-corrected chi connectivity index (χ4v) is 1.13. The van der Waals surface area contributed by atoms with Crippen molar-refractivity contribution in [3.63, 3.8) is 0 Å². The molecule has 5 nitrogen and oxygen atoms in total. The second-order valence-electron chi connectivity index (χ2n) is 3.80. The molecule has 0 saturated heterocycles. The van der Waals surface area contributed by atoms with E-state index in [9.17, 15) is 4.79 Å². The molecule has 82 valence electrons. The van der Waals surface area contributed by atoms with Crippen LogP contribution in [0.2, 0.25) is 0 Å². The van der Waals surface area contributed by atoms with Crippen LogP contribution in [0, 0.1) is 11.8 Å². The quantitative estimate of drug-likeness (QED) is 0.300. The largest absolute Gasteiger partial charge is 0.409 e. The molecule has 5 heteroatoms. The van der Waals surface area contributed by atoms with Gasteiger partial charge in [-0.1, -0.05) is 25.9 Å². The molecule has 1 unspecified atom stereocenters. The lowest BCUT2D eigenvalue weighted by Gasteiger charge is -2.22. The number of amidine groups is 1. The highest BCUT2D eigenvalue weighted by Gasteiger charge is 2.17. The van der Waals surface area contributed by atoms with Gasteiger partial charge in [0.05, 0.1) is 0 Å². The number of hydrogen-bond donors (Lipinski definition) is 2. The molecule has 0 aromatic rings. The fourth-order valence-electron chi connectivity index (χ4n) is 1.13. The summed E-state index contributed by atoms with van der Waals surface area (Å²) in [5.41, 5.74) is 5.40. The Labute approximate surface area is 84.6 Å². The van der Waals surface area contributed by atoms with E-state index in [2.05, 4.69) is 5.16 Å². The van der Waals surface area contributed by atoms with Crippen molar-refractivity contribution >= 4 is 11.7 Å². The number of carbonyl (C=O) groups excluding carboxylic acids is 1. The maximum atomic E-state index is 11.5. The summed E-state index contributed by atoms with van der Waals surface area (Å²) in [6.45, 7) is 5.95. The third-order valence-electron chi connectivity index (χ3n) is 2.04. The molecule has 0 saturated carbocycles. The number of carbonyl (C=O) groups is 1. The lowest BCUT2D eigenvalue weighted by molar-refractivity contribution is -0.133. The van der Waals surface area contributed by atoms with Crippen molar-refractivity contribution in [3.05, 3.63) is 0 Å². The molecule has 0 spiro atoms. The normalized spacial score (nSPS) is 14.2. The van der Waals surface area contributed by atoms with E-state index in [-0.39, 0.29) is 23.6 Å². The summed E-state index contributed by atoms with van der Waals surface area (Å²) in [7, 11) is 1.71. The molecule has 0 heterocycles. The smallest absolute Gasteiger partial charge is 0.224 e. The Kier molecular flexibility index (Phi) is 4.97. The van der Waals surface area contributed by atoms with Gasteiger partial charge in [0.1, 0.15) is 5.84 Å². The minimum Gasteiger partial charge on any atom is -0.409 e. The van der Waals surface area contributed by atoms with Crippen LogP contribution in [0.1, 0.15) is 20.8 Å². The second kappa shape index (κ2) is 5.47. The first-order valence-electron chi connectivity index (χ1n) is 4.62. The van der Waals surface area contributed by atoms with E-state index in [1.165, 1.54) is 0 Å². The fraction of sp³-hybridized carbons (Fsp3) is 0.778. The van der Waals surface area contributed by atoms with E-state index in [4.69, 9.17) is 10.9 Å². The number of rotatable bonds is 4. The van der Waals surface area contributed by atoms with Crippen molar-refractivity contribution in [1.82, 2.24) is 4.90 Å². The van der Waals surface area contributed by atoms with E-state index >= 15 is 0 Å². The Morgan fingerprint density at radius 1 is 1.50 bits per heavy atom. The monoisotopic (exact) mass is 201 g/mol. The van der Waals surface area contributed by atoms with Crippen molar-refractivity contribution in [2.24, 2.45) is 22.7 Å². The third-order valence-corrected chi connectivity index (χ3v) is 2.04. The lowest BCUT2D eigenvalue weighted by atomic mass is 10.1. The summed E-state index contributed by atoms with van der Waals surface area (Å²) in [6.07, 6.45) is 0. The van der Waals surface area contributed by atoms with Gasteiger partial charge in [0, 0.05) is 25.4 Å². The van der Waals surface area contributed by atoms with Crippen LogP contribution in [-0.4, -0.2) is 35.4 Å². The molecule has 0 radical (unpaired) electrons. The topological polar surface area (TPSA) is 78.9 Å². The number of nitrogens with two attached hydrogens (primary N) is 1. The second-order valence-corrected chi connectivity index (χ2v) is 3.80. The molecule has 0 aliphatic carbocycles. The average molecular weight is 201 g/mol. The molecule has 0 aromatic heterocycles. The van der Waals surface area contributed by atoms with Gasteiger partial charge in [-0.05, 0) is 0 Å². The van der Waals surface area contributed by atoms with Gasteiger partial charge in [-0.25, -0.2) is 0 Å².